The Morgan fingerprint density at radius 3 is 2.76 bits per heavy atom. The summed E-state index contributed by atoms with van der Waals surface area (Å²) >= 11 is 4.81. The van der Waals surface area contributed by atoms with Crippen LogP contribution in [0.15, 0.2) is 12.3 Å². The van der Waals surface area contributed by atoms with E-state index in [0.29, 0.717) is 11.6 Å². The molecule has 0 saturated carbocycles. The average molecular weight is 253 g/mol. The summed E-state index contributed by atoms with van der Waals surface area (Å²) in [5, 5.41) is 2.89. The molecular weight excluding hydrogens is 238 g/mol. The van der Waals surface area contributed by atoms with E-state index in [4.69, 9.17) is 18.0 Å². The minimum Gasteiger partial charge on any atom is -0.388 e. The number of nitrogens with zero attached hydrogens (tertiary/aromatic N) is 3. The minimum atomic E-state index is -0.411. The Balaban J connectivity index is 2.78. The summed E-state index contributed by atoms with van der Waals surface area (Å²) in [5.41, 5.74) is 5.93. The van der Waals surface area contributed by atoms with Crippen molar-refractivity contribution < 1.29 is 4.79 Å². The molecule has 0 aliphatic heterocycles. The maximum atomic E-state index is 11.6. The highest BCUT2D eigenvalue weighted by Gasteiger charge is 2.15. The van der Waals surface area contributed by atoms with Crippen LogP contribution in [0.25, 0.3) is 0 Å². The highest BCUT2D eigenvalue weighted by molar-refractivity contribution is 7.80. The Bertz CT molecular complexity index is 434. The Morgan fingerprint density at radius 2 is 2.24 bits per heavy atom. The van der Waals surface area contributed by atoms with E-state index in [2.05, 4.69) is 15.3 Å². The second-order valence-electron chi connectivity index (χ2n) is 3.73. The maximum absolute atomic E-state index is 11.6. The van der Waals surface area contributed by atoms with Crippen molar-refractivity contribution in [3.8, 4) is 0 Å². The summed E-state index contributed by atoms with van der Waals surface area (Å²) in [5.74, 6) is 0.271. The molecule has 17 heavy (non-hydrogen) atoms. The number of carbonyl (C=O) groups is 1. The van der Waals surface area contributed by atoms with Gasteiger partial charge in [0.2, 0.25) is 11.9 Å². The lowest BCUT2D eigenvalue weighted by atomic mass is 10.3. The number of aromatic nitrogens is 2. The molecule has 0 saturated heterocycles. The molecule has 0 fully saturated rings. The molecule has 0 radical (unpaired) electrons. The number of hydrogen-bond donors (Lipinski definition) is 2. The van der Waals surface area contributed by atoms with Crippen LogP contribution in [0.3, 0.4) is 0 Å². The number of nitrogens with one attached hydrogen (secondary N) is 1. The third kappa shape index (κ3) is 3.63. The monoisotopic (exact) mass is 253 g/mol. The molecule has 6 nitrogen and oxygen atoms in total. The lowest BCUT2D eigenvalue weighted by molar-refractivity contribution is -0.129. The molecule has 1 unspecified atom stereocenters. The second kappa shape index (κ2) is 5.53. The number of amides is 1. The molecule has 0 aliphatic rings. The van der Waals surface area contributed by atoms with Crippen molar-refractivity contribution in [3.63, 3.8) is 0 Å². The first-order valence-electron chi connectivity index (χ1n) is 5.02. The zero-order valence-corrected chi connectivity index (χ0v) is 10.8. The van der Waals surface area contributed by atoms with Gasteiger partial charge in [-0.05, 0) is 13.0 Å². The first-order chi connectivity index (χ1) is 7.91. The molecule has 7 heteroatoms. The normalized spacial score (nSPS) is 11.7. The number of likely N-dealkylation sites (N-methyl/N-ethyl adjacent to an activating group) is 1. The van der Waals surface area contributed by atoms with Gasteiger partial charge in [0, 0.05) is 20.3 Å². The maximum Gasteiger partial charge on any atom is 0.244 e. The number of carbonyl (C=O) groups excluding carboxylic acids is 1. The fraction of sp³-hybridized carbons (Fsp3) is 0.400. The van der Waals surface area contributed by atoms with E-state index in [1.165, 1.54) is 11.1 Å². The van der Waals surface area contributed by atoms with E-state index in [9.17, 15) is 4.79 Å². The van der Waals surface area contributed by atoms with Crippen molar-refractivity contribution in [1.82, 2.24) is 14.9 Å². The smallest absolute Gasteiger partial charge is 0.244 e. The summed E-state index contributed by atoms with van der Waals surface area (Å²) in [6, 6.07) is 1.21. The van der Waals surface area contributed by atoms with E-state index >= 15 is 0 Å². The van der Waals surface area contributed by atoms with Crippen LogP contribution >= 0.6 is 12.2 Å². The number of anilines is 1. The van der Waals surface area contributed by atoms with Crippen LogP contribution in [-0.4, -0.2) is 45.9 Å². The summed E-state index contributed by atoms with van der Waals surface area (Å²) in [6.45, 7) is 1.74. The van der Waals surface area contributed by atoms with Gasteiger partial charge in [0.15, 0.2) is 0 Å². The van der Waals surface area contributed by atoms with E-state index in [1.807, 2.05) is 0 Å². The predicted molar refractivity (Wildman–Crippen MR) is 69.7 cm³/mol. The van der Waals surface area contributed by atoms with Crippen LogP contribution in [0.2, 0.25) is 0 Å². The topological polar surface area (TPSA) is 84.1 Å². The van der Waals surface area contributed by atoms with Crippen molar-refractivity contribution in [2.45, 2.75) is 13.0 Å². The van der Waals surface area contributed by atoms with Crippen molar-refractivity contribution in [1.29, 1.82) is 0 Å². The third-order valence-corrected chi connectivity index (χ3v) is 2.27. The van der Waals surface area contributed by atoms with Crippen LogP contribution < -0.4 is 11.1 Å². The predicted octanol–water partition coefficient (Wildman–Crippen LogP) is -0.000600. The fourth-order valence-electron chi connectivity index (χ4n) is 1.21. The summed E-state index contributed by atoms with van der Waals surface area (Å²) in [6.07, 6.45) is 1.54. The Hall–Kier alpha value is -1.76. The molecule has 1 heterocycles. The van der Waals surface area contributed by atoms with Crippen LogP contribution in [-0.2, 0) is 4.79 Å². The van der Waals surface area contributed by atoms with Gasteiger partial charge in [-0.25, -0.2) is 9.97 Å². The molecule has 1 aromatic rings. The van der Waals surface area contributed by atoms with Gasteiger partial charge in [0.1, 0.15) is 16.7 Å². The zero-order valence-electron chi connectivity index (χ0n) is 9.97. The van der Waals surface area contributed by atoms with Gasteiger partial charge in [-0.2, -0.15) is 0 Å². The Labute approximate surface area is 105 Å². The quantitative estimate of drug-likeness (QED) is 0.735. The molecular formula is C10H15N5OS. The first-order valence-corrected chi connectivity index (χ1v) is 5.43. The van der Waals surface area contributed by atoms with Gasteiger partial charge < -0.3 is 16.0 Å². The largest absolute Gasteiger partial charge is 0.388 e. The highest BCUT2D eigenvalue weighted by Crippen LogP contribution is 2.03. The lowest BCUT2D eigenvalue weighted by Crippen LogP contribution is -2.37. The molecule has 3 N–H and O–H groups in total. The van der Waals surface area contributed by atoms with Crippen molar-refractivity contribution >= 4 is 29.1 Å². The highest BCUT2D eigenvalue weighted by atomic mass is 32.1. The summed E-state index contributed by atoms with van der Waals surface area (Å²) < 4.78 is 0. The van der Waals surface area contributed by atoms with Crippen molar-refractivity contribution in [2.75, 3.05) is 19.4 Å². The molecule has 1 amide bonds. The number of rotatable bonds is 4. The molecule has 0 spiro atoms. The third-order valence-electron chi connectivity index (χ3n) is 2.06. The van der Waals surface area contributed by atoms with Gasteiger partial charge >= 0.3 is 0 Å². The van der Waals surface area contributed by atoms with Gasteiger partial charge in [-0.3, -0.25) is 4.79 Å². The summed E-state index contributed by atoms with van der Waals surface area (Å²) in [4.78, 5) is 21.4. The number of nitrogens with two attached hydrogens (primary N) is 1. The Kier molecular flexibility index (Phi) is 4.33. The molecule has 0 aromatic carbocycles. The van der Waals surface area contributed by atoms with Gasteiger partial charge in [-0.1, -0.05) is 12.2 Å². The molecule has 1 rings (SSSR count). The van der Waals surface area contributed by atoms with Gasteiger partial charge in [-0.15, -0.1) is 0 Å². The van der Waals surface area contributed by atoms with Gasteiger partial charge in [0.05, 0.1) is 0 Å². The molecule has 1 aromatic heterocycles. The zero-order chi connectivity index (χ0) is 13.0. The van der Waals surface area contributed by atoms with Crippen molar-refractivity contribution in [3.05, 3.63) is 18.0 Å². The summed E-state index contributed by atoms with van der Waals surface area (Å²) in [7, 11) is 3.37. The minimum absolute atomic E-state index is 0.0608. The van der Waals surface area contributed by atoms with Crippen LogP contribution in [0, 0.1) is 0 Å². The van der Waals surface area contributed by atoms with Gasteiger partial charge in [0.25, 0.3) is 0 Å². The number of thiocarbonyl (C=S) groups is 1. The molecule has 92 valence electrons. The van der Waals surface area contributed by atoms with E-state index < -0.39 is 6.04 Å². The SMILES string of the molecule is CC(Nc1nccc(C(N)=S)n1)C(=O)N(C)C. The fourth-order valence-corrected chi connectivity index (χ4v) is 1.32. The van der Waals surface area contributed by atoms with E-state index in [-0.39, 0.29) is 10.9 Å². The molecule has 0 bridgehead atoms. The first kappa shape index (κ1) is 13.3. The molecule has 1 atom stereocenters. The van der Waals surface area contributed by atoms with E-state index in [1.54, 1.807) is 27.1 Å². The van der Waals surface area contributed by atoms with E-state index in [0.717, 1.165) is 0 Å². The average Bonchev–Trinajstić information content (AvgIpc) is 2.28. The molecule has 0 aliphatic carbocycles. The van der Waals surface area contributed by atoms with Crippen LogP contribution in [0.5, 0.6) is 0 Å². The second-order valence-corrected chi connectivity index (χ2v) is 4.17. The van der Waals surface area contributed by atoms with Crippen LogP contribution in [0.4, 0.5) is 5.95 Å². The Morgan fingerprint density at radius 1 is 1.59 bits per heavy atom. The van der Waals surface area contributed by atoms with Crippen LogP contribution in [0.1, 0.15) is 12.6 Å². The standard InChI is InChI=1S/C10H15N5OS/c1-6(9(16)15(2)3)13-10-12-5-4-7(14-10)8(11)17/h4-6H,1-3H3,(H2,11,17)(H,12,13,14). The lowest BCUT2D eigenvalue weighted by Gasteiger charge is -2.17. The number of hydrogen-bond acceptors (Lipinski definition) is 5. The van der Waals surface area contributed by atoms with Crippen molar-refractivity contribution in [2.24, 2.45) is 5.73 Å².